The Hall–Kier alpha value is -2.21. The maximum absolute atomic E-state index is 12.4. The lowest BCUT2D eigenvalue weighted by atomic mass is 10.0. The summed E-state index contributed by atoms with van der Waals surface area (Å²) in [5.74, 6) is -2.21. The molecular weight excluding hydrogens is 302 g/mol. The zero-order valence-corrected chi connectivity index (χ0v) is 13.5. The predicted octanol–water partition coefficient (Wildman–Crippen LogP) is 3.31. The fraction of sp³-hybridized carbons (Fsp3) is 0.312. The first-order valence-corrected chi connectivity index (χ1v) is 7.87. The van der Waals surface area contributed by atoms with Gasteiger partial charge < -0.3 is 9.67 Å². The van der Waals surface area contributed by atoms with Gasteiger partial charge in [0.05, 0.1) is 17.0 Å². The first-order valence-electron chi connectivity index (χ1n) is 6.92. The van der Waals surface area contributed by atoms with Crippen LogP contribution in [0.3, 0.4) is 0 Å². The molecule has 2 aromatic heterocycles. The van der Waals surface area contributed by atoms with Crippen LogP contribution in [-0.4, -0.2) is 27.2 Å². The molecule has 0 aliphatic heterocycles. The summed E-state index contributed by atoms with van der Waals surface area (Å²) in [5, 5.41) is 13.2. The van der Waals surface area contributed by atoms with Crippen molar-refractivity contribution >= 4 is 28.9 Å². The highest BCUT2D eigenvalue weighted by Gasteiger charge is 2.29. The standard InChI is InChI=1S/C16H17NO4S/c1-4-5-11(18)15(19)13-9(2)12(16(20)21)14(17(13)3)10-6-7-22-8-10/h6-8H,4-5H2,1-3H3,(H,20,21). The molecule has 2 aromatic rings. The number of carbonyl (C=O) groups excluding carboxylic acids is 2. The lowest BCUT2D eigenvalue weighted by Crippen LogP contribution is -2.18. The zero-order valence-electron chi connectivity index (χ0n) is 12.7. The topological polar surface area (TPSA) is 76.4 Å². The van der Waals surface area contributed by atoms with Crippen molar-refractivity contribution in [3.63, 3.8) is 0 Å². The van der Waals surface area contributed by atoms with Crippen LogP contribution >= 0.6 is 11.3 Å². The number of carboxylic acids is 1. The third kappa shape index (κ3) is 2.62. The summed E-state index contributed by atoms with van der Waals surface area (Å²) in [4.78, 5) is 35.9. The Morgan fingerprint density at radius 1 is 1.32 bits per heavy atom. The summed E-state index contributed by atoms with van der Waals surface area (Å²) in [7, 11) is 1.62. The highest BCUT2D eigenvalue weighted by atomic mass is 32.1. The molecule has 0 atom stereocenters. The number of hydrogen-bond donors (Lipinski definition) is 1. The van der Waals surface area contributed by atoms with Crippen LogP contribution in [-0.2, 0) is 11.8 Å². The molecule has 0 aliphatic carbocycles. The smallest absolute Gasteiger partial charge is 0.338 e. The van der Waals surface area contributed by atoms with E-state index in [0.717, 1.165) is 5.56 Å². The Balaban J connectivity index is 2.67. The predicted molar refractivity (Wildman–Crippen MR) is 84.7 cm³/mol. The number of rotatable bonds is 6. The molecule has 2 rings (SSSR count). The van der Waals surface area contributed by atoms with Crippen molar-refractivity contribution in [2.75, 3.05) is 0 Å². The van der Waals surface area contributed by atoms with Crippen molar-refractivity contribution in [1.29, 1.82) is 0 Å². The van der Waals surface area contributed by atoms with Gasteiger partial charge in [-0.15, -0.1) is 0 Å². The number of ketones is 2. The van der Waals surface area contributed by atoms with Gasteiger partial charge >= 0.3 is 5.97 Å². The summed E-state index contributed by atoms with van der Waals surface area (Å²) in [6.07, 6.45) is 0.747. The van der Waals surface area contributed by atoms with E-state index in [1.165, 1.54) is 15.9 Å². The Morgan fingerprint density at radius 3 is 2.50 bits per heavy atom. The second-order valence-corrected chi connectivity index (χ2v) is 5.86. The number of aromatic nitrogens is 1. The third-order valence-corrected chi connectivity index (χ3v) is 4.27. The molecule has 0 unspecified atom stereocenters. The normalized spacial score (nSPS) is 10.7. The van der Waals surface area contributed by atoms with Crippen LogP contribution in [0.5, 0.6) is 0 Å². The molecule has 6 heteroatoms. The fourth-order valence-electron chi connectivity index (χ4n) is 2.62. The van der Waals surface area contributed by atoms with Gasteiger partial charge in [0.15, 0.2) is 0 Å². The number of carbonyl (C=O) groups is 3. The van der Waals surface area contributed by atoms with E-state index in [1.807, 2.05) is 17.7 Å². The van der Waals surface area contributed by atoms with Crippen LogP contribution in [0.1, 0.15) is 46.2 Å². The Morgan fingerprint density at radius 2 is 2.00 bits per heavy atom. The SMILES string of the molecule is CCCC(=O)C(=O)c1c(C)c(C(=O)O)c(-c2ccsc2)n1C. The van der Waals surface area contributed by atoms with Gasteiger partial charge in [0.1, 0.15) is 0 Å². The highest BCUT2D eigenvalue weighted by Crippen LogP contribution is 2.32. The molecule has 1 N–H and O–H groups in total. The molecule has 0 spiro atoms. The summed E-state index contributed by atoms with van der Waals surface area (Å²) in [6, 6.07) is 1.80. The van der Waals surface area contributed by atoms with Crippen molar-refractivity contribution < 1.29 is 19.5 Å². The van der Waals surface area contributed by atoms with Crippen LogP contribution in [0.4, 0.5) is 0 Å². The zero-order chi connectivity index (χ0) is 16.4. The van der Waals surface area contributed by atoms with Gasteiger partial charge in [-0.1, -0.05) is 6.92 Å². The largest absolute Gasteiger partial charge is 0.478 e. The van der Waals surface area contributed by atoms with Crippen LogP contribution in [0.2, 0.25) is 0 Å². The molecule has 116 valence electrons. The lowest BCUT2D eigenvalue weighted by Gasteiger charge is -2.06. The van der Waals surface area contributed by atoms with Crippen molar-refractivity contribution in [2.45, 2.75) is 26.7 Å². The van der Waals surface area contributed by atoms with E-state index < -0.39 is 17.5 Å². The Kier molecular flexibility index (Phi) is 4.61. The minimum atomic E-state index is -1.10. The fourth-order valence-corrected chi connectivity index (χ4v) is 3.26. The van der Waals surface area contributed by atoms with Gasteiger partial charge in [0.2, 0.25) is 11.6 Å². The summed E-state index contributed by atoms with van der Waals surface area (Å²) >= 11 is 1.44. The molecule has 5 nitrogen and oxygen atoms in total. The second-order valence-electron chi connectivity index (χ2n) is 5.08. The van der Waals surface area contributed by atoms with Crippen LogP contribution in [0.15, 0.2) is 16.8 Å². The minimum absolute atomic E-state index is 0.0774. The van der Waals surface area contributed by atoms with E-state index in [9.17, 15) is 19.5 Å². The summed E-state index contributed by atoms with van der Waals surface area (Å²) < 4.78 is 1.52. The minimum Gasteiger partial charge on any atom is -0.478 e. The van der Waals surface area contributed by atoms with Crippen molar-refractivity contribution in [3.8, 4) is 11.3 Å². The Labute approximate surface area is 132 Å². The number of nitrogens with zero attached hydrogens (tertiary/aromatic N) is 1. The summed E-state index contributed by atoms with van der Waals surface area (Å²) in [6.45, 7) is 3.40. The number of hydrogen-bond acceptors (Lipinski definition) is 4. The van der Waals surface area contributed by atoms with E-state index in [-0.39, 0.29) is 17.7 Å². The molecule has 0 fully saturated rings. The van der Waals surface area contributed by atoms with E-state index in [4.69, 9.17) is 0 Å². The first kappa shape index (κ1) is 16.2. The molecular formula is C16H17NO4S. The molecule has 0 amide bonds. The van der Waals surface area contributed by atoms with Crippen molar-refractivity contribution in [1.82, 2.24) is 4.57 Å². The van der Waals surface area contributed by atoms with Gasteiger partial charge in [0, 0.05) is 24.4 Å². The summed E-state index contributed by atoms with van der Waals surface area (Å²) in [5.41, 5.74) is 1.77. The van der Waals surface area contributed by atoms with Crippen LogP contribution < -0.4 is 0 Å². The molecule has 0 aromatic carbocycles. The molecule has 0 aliphatic rings. The average molecular weight is 319 g/mol. The van der Waals surface area contributed by atoms with Crippen molar-refractivity contribution in [3.05, 3.63) is 33.6 Å². The van der Waals surface area contributed by atoms with Crippen LogP contribution in [0.25, 0.3) is 11.3 Å². The average Bonchev–Trinajstić information content (AvgIpc) is 3.04. The monoisotopic (exact) mass is 319 g/mol. The van der Waals surface area contributed by atoms with Gasteiger partial charge in [0.25, 0.3) is 0 Å². The number of Topliss-reactive ketones (excluding diaryl/α,β-unsaturated/α-hetero) is 2. The number of aromatic carboxylic acids is 1. The van der Waals surface area contributed by atoms with Gasteiger partial charge in [-0.05, 0) is 30.4 Å². The van der Waals surface area contributed by atoms with Gasteiger partial charge in [-0.2, -0.15) is 11.3 Å². The molecule has 2 heterocycles. The molecule has 0 bridgehead atoms. The Bertz CT molecular complexity index is 741. The molecule has 0 saturated carbocycles. The van der Waals surface area contributed by atoms with Gasteiger partial charge in [-0.3, -0.25) is 9.59 Å². The number of carboxylic acid groups (broad SMARTS) is 1. The van der Waals surface area contributed by atoms with Gasteiger partial charge in [-0.25, -0.2) is 4.79 Å². The second kappa shape index (κ2) is 6.27. The molecule has 0 saturated heterocycles. The lowest BCUT2D eigenvalue weighted by molar-refractivity contribution is -0.115. The maximum Gasteiger partial charge on any atom is 0.338 e. The highest BCUT2D eigenvalue weighted by molar-refractivity contribution is 7.08. The van der Waals surface area contributed by atoms with E-state index >= 15 is 0 Å². The quantitative estimate of drug-likeness (QED) is 0.654. The molecule has 22 heavy (non-hydrogen) atoms. The van der Waals surface area contributed by atoms with E-state index in [1.54, 1.807) is 20.0 Å². The first-order chi connectivity index (χ1) is 10.4. The number of thiophene rings is 1. The third-order valence-electron chi connectivity index (χ3n) is 3.59. The maximum atomic E-state index is 12.4. The molecule has 0 radical (unpaired) electrons. The van der Waals surface area contributed by atoms with Crippen molar-refractivity contribution in [2.24, 2.45) is 7.05 Å². The van der Waals surface area contributed by atoms with Crippen LogP contribution in [0, 0.1) is 6.92 Å². The van der Waals surface area contributed by atoms with E-state index in [0.29, 0.717) is 17.7 Å². The van der Waals surface area contributed by atoms with E-state index in [2.05, 4.69) is 0 Å².